The average molecular weight is 289 g/mol. The Morgan fingerprint density at radius 3 is 2.76 bits per heavy atom. The highest BCUT2D eigenvalue weighted by Crippen LogP contribution is 2.34. The molecule has 7 nitrogen and oxygen atoms in total. The van der Waals surface area contributed by atoms with Gasteiger partial charge in [-0.1, -0.05) is 0 Å². The van der Waals surface area contributed by atoms with Crippen LogP contribution in [0.5, 0.6) is 0 Å². The smallest absolute Gasteiger partial charge is 0.146 e. The molecule has 0 aliphatic heterocycles. The van der Waals surface area contributed by atoms with Gasteiger partial charge in [-0.25, -0.2) is 4.98 Å². The lowest BCUT2D eigenvalue weighted by Gasteiger charge is -2.31. The second-order valence-electron chi connectivity index (χ2n) is 6.15. The van der Waals surface area contributed by atoms with E-state index in [4.69, 9.17) is 5.73 Å². The largest absolute Gasteiger partial charge is 0.345 e. The van der Waals surface area contributed by atoms with Crippen LogP contribution in [-0.2, 0) is 20.1 Å². The van der Waals surface area contributed by atoms with Gasteiger partial charge in [-0.15, -0.1) is 10.2 Å². The number of aromatic nitrogens is 5. The lowest BCUT2D eigenvalue weighted by Crippen LogP contribution is -2.36. The van der Waals surface area contributed by atoms with E-state index in [0.29, 0.717) is 12.0 Å². The fraction of sp³-hybridized carbons (Fsp3) is 0.643. The van der Waals surface area contributed by atoms with E-state index in [-0.39, 0.29) is 0 Å². The van der Waals surface area contributed by atoms with Crippen LogP contribution >= 0.6 is 0 Å². The van der Waals surface area contributed by atoms with Gasteiger partial charge in [0.25, 0.3) is 0 Å². The molecule has 1 aliphatic rings. The summed E-state index contributed by atoms with van der Waals surface area (Å²) < 4.78 is 2.11. The minimum Gasteiger partial charge on any atom is -0.345 e. The molecule has 7 heteroatoms. The third kappa shape index (κ3) is 2.98. The molecule has 21 heavy (non-hydrogen) atoms. The van der Waals surface area contributed by atoms with Gasteiger partial charge in [-0.3, -0.25) is 4.90 Å². The minimum absolute atomic E-state index is 0.333. The highest BCUT2D eigenvalue weighted by molar-refractivity contribution is 5.08. The first-order chi connectivity index (χ1) is 10.0. The summed E-state index contributed by atoms with van der Waals surface area (Å²) in [5.41, 5.74) is 6.94. The Labute approximate surface area is 124 Å². The third-order valence-corrected chi connectivity index (χ3v) is 4.12. The number of H-pyrrole nitrogens is 1. The van der Waals surface area contributed by atoms with Crippen LogP contribution < -0.4 is 5.73 Å². The Morgan fingerprint density at radius 1 is 1.38 bits per heavy atom. The SMILES string of the molecule is Cc1cnc(CN(C)Cc2nnc(C3CC(N)C3)n2C)[nH]1. The van der Waals surface area contributed by atoms with Gasteiger partial charge in [0.05, 0.1) is 13.1 Å². The van der Waals surface area contributed by atoms with Gasteiger partial charge >= 0.3 is 0 Å². The quantitative estimate of drug-likeness (QED) is 0.845. The van der Waals surface area contributed by atoms with Crippen LogP contribution in [0.1, 0.15) is 41.9 Å². The highest BCUT2D eigenvalue weighted by Gasteiger charge is 2.31. The van der Waals surface area contributed by atoms with Crippen molar-refractivity contribution < 1.29 is 0 Å². The van der Waals surface area contributed by atoms with Crippen molar-refractivity contribution in [1.29, 1.82) is 0 Å². The number of aromatic amines is 1. The van der Waals surface area contributed by atoms with Gasteiger partial charge in [0.2, 0.25) is 0 Å². The molecule has 3 N–H and O–H groups in total. The summed E-state index contributed by atoms with van der Waals surface area (Å²) in [7, 11) is 4.10. The van der Waals surface area contributed by atoms with E-state index in [1.54, 1.807) is 0 Å². The Balaban J connectivity index is 1.62. The van der Waals surface area contributed by atoms with Crippen molar-refractivity contribution in [2.24, 2.45) is 12.8 Å². The first kappa shape index (κ1) is 14.2. The van der Waals surface area contributed by atoms with E-state index >= 15 is 0 Å². The van der Waals surface area contributed by atoms with Crippen LogP contribution in [0.2, 0.25) is 0 Å². The lowest BCUT2D eigenvalue weighted by atomic mass is 9.80. The number of hydrogen-bond donors (Lipinski definition) is 2. The Kier molecular flexibility index (Phi) is 3.77. The van der Waals surface area contributed by atoms with Crippen LogP contribution in [-0.4, -0.2) is 42.7 Å². The number of imidazole rings is 1. The van der Waals surface area contributed by atoms with Crippen molar-refractivity contribution in [3.63, 3.8) is 0 Å². The summed E-state index contributed by atoms with van der Waals surface area (Å²) in [4.78, 5) is 9.75. The molecule has 1 aliphatic carbocycles. The van der Waals surface area contributed by atoms with E-state index in [1.165, 1.54) is 0 Å². The van der Waals surface area contributed by atoms with Crippen LogP contribution in [0, 0.1) is 6.92 Å². The van der Waals surface area contributed by atoms with E-state index < -0.39 is 0 Å². The van der Waals surface area contributed by atoms with Crippen LogP contribution in [0.15, 0.2) is 6.20 Å². The molecule has 2 heterocycles. The van der Waals surface area contributed by atoms with Crippen molar-refractivity contribution in [2.45, 2.75) is 44.8 Å². The summed E-state index contributed by atoms with van der Waals surface area (Å²) >= 11 is 0. The van der Waals surface area contributed by atoms with Crippen molar-refractivity contribution in [3.8, 4) is 0 Å². The molecular weight excluding hydrogens is 266 g/mol. The van der Waals surface area contributed by atoms with E-state index in [1.807, 2.05) is 20.2 Å². The number of aryl methyl sites for hydroxylation is 1. The maximum absolute atomic E-state index is 5.86. The van der Waals surface area contributed by atoms with Gasteiger partial charge in [0, 0.05) is 30.9 Å². The average Bonchev–Trinajstić information content (AvgIpc) is 2.94. The van der Waals surface area contributed by atoms with Gasteiger partial charge < -0.3 is 15.3 Å². The molecule has 0 aromatic carbocycles. The molecule has 2 aromatic heterocycles. The fourth-order valence-corrected chi connectivity index (χ4v) is 2.84. The molecule has 1 fully saturated rings. The highest BCUT2D eigenvalue weighted by atomic mass is 15.3. The minimum atomic E-state index is 0.333. The Bertz CT molecular complexity index is 609. The second kappa shape index (κ2) is 5.57. The van der Waals surface area contributed by atoms with Crippen LogP contribution in [0.4, 0.5) is 0 Å². The van der Waals surface area contributed by atoms with Crippen LogP contribution in [0.3, 0.4) is 0 Å². The number of rotatable bonds is 5. The molecule has 0 saturated heterocycles. The summed E-state index contributed by atoms with van der Waals surface area (Å²) in [5, 5.41) is 8.67. The van der Waals surface area contributed by atoms with Crippen molar-refractivity contribution in [1.82, 2.24) is 29.6 Å². The number of nitrogens with two attached hydrogens (primary N) is 1. The maximum atomic E-state index is 5.86. The zero-order chi connectivity index (χ0) is 15.0. The molecule has 0 amide bonds. The van der Waals surface area contributed by atoms with Crippen molar-refractivity contribution in [3.05, 3.63) is 29.4 Å². The predicted molar refractivity (Wildman–Crippen MR) is 79.4 cm³/mol. The normalized spacial score (nSPS) is 21.8. The fourth-order valence-electron chi connectivity index (χ4n) is 2.84. The Hall–Kier alpha value is -1.73. The summed E-state index contributed by atoms with van der Waals surface area (Å²) in [6, 6.07) is 0.333. The lowest BCUT2D eigenvalue weighted by molar-refractivity contribution is 0.296. The first-order valence-electron chi connectivity index (χ1n) is 7.35. The zero-order valence-corrected chi connectivity index (χ0v) is 12.9. The zero-order valence-electron chi connectivity index (χ0n) is 12.9. The van der Waals surface area contributed by atoms with E-state index in [2.05, 4.69) is 36.7 Å². The van der Waals surface area contributed by atoms with Gasteiger partial charge in [0.1, 0.15) is 17.5 Å². The monoisotopic (exact) mass is 289 g/mol. The molecule has 0 radical (unpaired) electrons. The van der Waals surface area contributed by atoms with E-state index in [9.17, 15) is 0 Å². The van der Waals surface area contributed by atoms with Crippen LogP contribution in [0.25, 0.3) is 0 Å². The van der Waals surface area contributed by atoms with E-state index in [0.717, 1.165) is 49.1 Å². The Morgan fingerprint density at radius 2 is 2.14 bits per heavy atom. The predicted octanol–water partition coefficient (Wildman–Crippen LogP) is 0.683. The molecule has 3 rings (SSSR count). The van der Waals surface area contributed by atoms with Gasteiger partial charge in [-0.2, -0.15) is 0 Å². The summed E-state index contributed by atoms with van der Waals surface area (Å²) in [6.45, 7) is 3.53. The number of nitrogens with one attached hydrogen (secondary N) is 1. The molecule has 114 valence electrons. The standard InChI is InChI=1S/C14H23N7/c1-9-6-16-12(17-9)7-20(2)8-13-18-19-14(21(13)3)10-4-11(15)5-10/h6,10-11H,4-5,7-8,15H2,1-3H3,(H,16,17). The summed E-state index contributed by atoms with van der Waals surface area (Å²) in [6.07, 6.45) is 3.89. The number of nitrogens with zero attached hydrogens (tertiary/aromatic N) is 5. The molecule has 0 unspecified atom stereocenters. The third-order valence-electron chi connectivity index (χ3n) is 4.12. The first-order valence-corrected chi connectivity index (χ1v) is 7.35. The van der Waals surface area contributed by atoms with Gasteiger partial charge in [-0.05, 0) is 26.8 Å². The van der Waals surface area contributed by atoms with Gasteiger partial charge in [0.15, 0.2) is 0 Å². The topological polar surface area (TPSA) is 88.7 Å². The molecule has 2 aromatic rings. The second-order valence-corrected chi connectivity index (χ2v) is 6.15. The van der Waals surface area contributed by atoms with Crippen molar-refractivity contribution >= 4 is 0 Å². The number of hydrogen-bond acceptors (Lipinski definition) is 5. The molecule has 0 spiro atoms. The molecular formula is C14H23N7. The molecule has 1 saturated carbocycles. The molecule has 0 atom stereocenters. The van der Waals surface area contributed by atoms with Crippen molar-refractivity contribution in [2.75, 3.05) is 7.05 Å². The molecule has 0 bridgehead atoms. The maximum Gasteiger partial charge on any atom is 0.146 e. The summed E-state index contributed by atoms with van der Waals surface area (Å²) in [5.74, 6) is 3.50.